The first-order valence-corrected chi connectivity index (χ1v) is 8.20. The summed E-state index contributed by atoms with van der Waals surface area (Å²) in [6.45, 7) is 0. The van der Waals surface area contributed by atoms with Crippen molar-refractivity contribution in [3.63, 3.8) is 0 Å². The number of rotatable bonds is 6. The molecule has 0 saturated carbocycles. The molecule has 3 rings (SSSR count). The summed E-state index contributed by atoms with van der Waals surface area (Å²) in [7, 11) is 6.22. The molecule has 2 aromatic carbocycles. The van der Waals surface area contributed by atoms with Gasteiger partial charge in [0.2, 0.25) is 5.75 Å². The van der Waals surface area contributed by atoms with Crippen molar-refractivity contribution in [2.24, 2.45) is 7.05 Å². The zero-order valence-corrected chi connectivity index (χ0v) is 15.5. The fraction of sp³-hybridized carbons (Fsp3) is 0.250. The first-order chi connectivity index (χ1) is 13.0. The van der Waals surface area contributed by atoms with Crippen molar-refractivity contribution >= 4 is 16.8 Å². The Labute approximate surface area is 156 Å². The third kappa shape index (κ3) is 3.06. The highest BCUT2D eigenvalue weighted by Crippen LogP contribution is 2.39. The molecule has 1 heterocycles. The van der Waals surface area contributed by atoms with Gasteiger partial charge in [-0.15, -0.1) is 0 Å². The predicted octanol–water partition coefficient (Wildman–Crippen LogP) is 3.09. The highest BCUT2D eigenvalue weighted by Gasteiger charge is 2.28. The van der Waals surface area contributed by atoms with E-state index in [1.54, 1.807) is 11.6 Å². The molecule has 7 heteroatoms. The number of hydrogen-bond acceptors (Lipinski definition) is 6. The lowest BCUT2D eigenvalue weighted by molar-refractivity contribution is 0.0974. The van der Waals surface area contributed by atoms with E-state index in [0.717, 1.165) is 11.0 Å². The summed E-state index contributed by atoms with van der Waals surface area (Å²) in [5.74, 6) is 0.00869. The third-order valence-corrected chi connectivity index (χ3v) is 4.42. The number of nitriles is 1. The maximum atomic E-state index is 13.1. The van der Waals surface area contributed by atoms with Crippen molar-refractivity contribution in [1.29, 1.82) is 5.26 Å². The number of ether oxygens (including phenoxy) is 3. The molecule has 138 valence electrons. The van der Waals surface area contributed by atoms with E-state index in [2.05, 4.69) is 11.1 Å². The van der Waals surface area contributed by atoms with E-state index in [9.17, 15) is 10.1 Å². The molecule has 1 atom stereocenters. The van der Waals surface area contributed by atoms with Gasteiger partial charge in [-0.05, 0) is 24.3 Å². The molecule has 0 saturated heterocycles. The number of carbonyl (C=O) groups excluding carboxylic acids is 1. The lowest BCUT2D eigenvalue weighted by Crippen LogP contribution is -2.16. The Morgan fingerprint density at radius 3 is 2.26 bits per heavy atom. The molecule has 0 spiro atoms. The van der Waals surface area contributed by atoms with E-state index >= 15 is 0 Å². The van der Waals surface area contributed by atoms with Gasteiger partial charge in [0.05, 0.1) is 38.4 Å². The van der Waals surface area contributed by atoms with Crippen LogP contribution >= 0.6 is 0 Å². The lowest BCUT2D eigenvalue weighted by atomic mass is 9.97. The van der Waals surface area contributed by atoms with Crippen molar-refractivity contribution in [1.82, 2.24) is 9.55 Å². The van der Waals surface area contributed by atoms with Gasteiger partial charge in [-0.25, -0.2) is 4.98 Å². The summed E-state index contributed by atoms with van der Waals surface area (Å²) in [5.41, 5.74) is 1.86. The third-order valence-electron chi connectivity index (χ3n) is 4.42. The Balaban J connectivity index is 2.10. The molecule has 0 N–H and O–H groups in total. The van der Waals surface area contributed by atoms with Crippen LogP contribution in [0.2, 0.25) is 0 Å². The number of imidazole rings is 1. The number of fused-ring (bicyclic) bond motifs is 1. The van der Waals surface area contributed by atoms with Crippen molar-refractivity contribution in [2.45, 2.75) is 5.92 Å². The fourth-order valence-electron chi connectivity index (χ4n) is 3.05. The summed E-state index contributed by atoms with van der Waals surface area (Å²) in [4.78, 5) is 17.6. The number of methoxy groups -OCH3 is 3. The molecule has 0 aliphatic rings. The monoisotopic (exact) mass is 365 g/mol. The van der Waals surface area contributed by atoms with Crippen LogP contribution in [-0.2, 0) is 7.05 Å². The Hall–Kier alpha value is -3.53. The lowest BCUT2D eigenvalue weighted by Gasteiger charge is -2.15. The molecule has 3 aromatic rings. The highest BCUT2D eigenvalue weighted by molar-refractivity contribution is 6.03. The van der Waals surface area contributed by atoms with Crippen LogP contribution in [0.3, 0.4) is 0 Å². The summed E-state index contributed by atoms with van der Waals surface area (Å²) in [6.07, 6.45) is 0. The molecule has 0 bridgehead atoms. The number of aryl methyl sites for hydroxylation is 1. The van der Waals surface area contributed by atoms with Gasteiger partial charge in [0.1, 0.15) is 5.82 Å². The van der Waals surface area contributed by atoms with Crippen LogP contribution in [0.15, 0.2) is 36.4 Å². The zero-order valence-electron chi connectivity index (χ0n) is 15.5. The minimum atomic E-state index is -1.06. The van der Waals surface area contributed by atoms with Crippen LogP contribution < -0.4 is 14.2 Å². The molecule has 0 aliphatic heterocycles. The first-order valence-electron chi connectivity index (χ1n) is 8.20. The molecule has 0 fully saturated rings. The van der Waals surface area contributed by atoms with Gasteiger partial charge >= 0.3 is 0 Å². The summed E-state index contributed by atoms with van der Waals surface area (Å²) < 4.78 is 17.6. The molecular formula is C20H19N3O4. The van der Waals surface area contributed by atoms with Gasteiger partial charge < -0.3 is 18.8 Å². The van der Waals surface area contributed by atoms with Crippen LogP contribution in [0.5, 0.6) is 17.2 Å². The smallest absolute Gasteiger partial charge is 0.203 e. The molecule has 27 heavy (non-hydrogen) atoms. The van der Waals surface area contributed by atoms with Crippen molar-refractivity contribution in [3.05, 3.63) is 47.8 Å². The van der Waals surface area contributed by atoms with E-state index in [1.807, 2.05) is 24.3 Å². The van der Waals surface area contributed by atoms with Crippen molar-refractivity contribution < 1.29 is 19.0 Å². The Morgan fingerprint density at radius 2 is 1.74 bits per heavy atom. The Bertz CT molecular complexity index is 1020. The molecule has 1 aromatic heterocycles. The Kier molecular flexibility index (Phi) is 4.99. The number of aromatic nitrogens is 2. The van der Waals surface area contributed by atoms with E-state index in [4.69, 9.17) is 14.2 Å². The second-order valence-electron chi connectivity index (χ2n) is 5.86. The number of para-hydroxylation sites is 2. The number of nitrogens with zero attached hydrogens (tertiary/aromatic N) is 3. The quantitative estimate of drug-likeness (QED) is 0.624. The maximum absolute atomic E-state index is 13.1. The standard InChI is InChI=1S/C20H19N3O4/c1-23-15-8-6-5-7-14(15)22-20(23)13(11-21)18(24)12-9-16(25-2)19(27-4)17(10-12)26-3/h5-10,13H,1-4H3. The van der Waals surface area contributed by atoms with Crippen LogP contribution in [-0.4, -0.2) is 36.7 Å². The molecule has 0 aliphatic carbocycles. The number of ketones is 1. The maximum Gasteiger partial charge on any atom is 0.203 e. The molecular weight excluding hydrogens is 346 g/mol. The van der Waals surface area contributed by atoms with Crippen LogP contribution in [0.1, 0.15) is 22.1 Å². The SMILES string of the molecule is COc1cc(C(=O)C(C#N)c2nc3ccccc3n2C)cc(OC)c1OC. The zero-order chi connectivity index (χ0) is 19.6. The highest BCUT2D eigenvalue weighted by atomic mass is 16.5. The average Bonchev–Trinajstić information content (AvgIpc) is 3.03. The number of hydrogen-bond donors (Lipinski definition) is 0. The van der Waals surface area contributed by atoms with E-state index in [-0.39, 0.29) is 5.56 Å². The normalized spacial score (nSPS) is 11.7. The average molecular weight is 365 g/mol. The molecule has 0 radical (unpaired) electrons. The van der Waals surface area contributed by atoms with Crippen LogP contribution in [0, 0.1) is 11.3 Å². The minimum Gasteiger partial charge on any atom is -0.493 e. The molecule has 0 amide bonds. The van der Waals surface area contributed by atoms with Crippen molar-refractivity contribution in [2.75, 3.05) is 21.3 Å². The van der Waals surface area contributed by atoms with Gasteiger partial charge in [0.25, 0.3) is 0 Å². The van der Waals surface area contributed by atoms with Gasteiger partial charge in [0.15, 0.2) is 23.2 Å². The van der Waals surface area contributed by atoms with Crippen LogP contribution in [0.4, 0.5) is 0 Å². The summed E-state index contributed by atoms with van der Waals surface area (Å²) in [5, 5.41) is 9.70. The number of Topliss-reactive ketones (excluding diaryl/α,β-unsaturated/α-hetero) is 1. The number of carbonyl (C=O) groups is 1. The first kappa shape index (κ1) is 18.3. The topological polar surface area (TPSA) is 86.4 Å². The summed E-state index contributed by atoms with van der Waals surface area (Å²) in [6, 6.07) is 12.6. The minimum absolute atomic E-state index is 0.281. The Morgan fingerprint density at radius 1 is 1.11 bits per heavy atom. The van der Waals surface area contributed by atoms with Crippen molar-refractivity contribution in [3.8, 4) is 23.3 Å². The van der Waals surface area contributed by atoms with Gasteiger partial charge in [-0.3, -0.25) is 4.79 Å². The van der Waals surface area contributed by atoms with E-state index < -0.39 is 11.7 Å². The van der Waals surface area contributed by atoms with Gasteiger partial charge in [-0.2, -0.15) is 5.26 Å². The predicted molar refractivity (Wildman–Crippen MR) is 99.5 cm³/mol. The fourth-order valence-corrected chi connectivity index (χ4v) is 3.05. The van der Waals surface area contributed by atoms with E-state index in [1.165, 1.54) is 33.5 Å². The second-order valence-corrected chi connectivity index (χ2v) is 5.86. The molecule has 7 nitrogen and oxygen atoms in total. The largest absolute Gasteiger partial charge is 0.493 e. The molecule has 1 unspecified atom stereocenters. The van der Waals surface area contributed by atoms with Gasteiger partial charge in [0, 0.05) is 12.6 Å². The van der Waals surface area contributed by atoms with Gasteiger partial charge in [-0.1, -0.05) is 12.1 Å². The van der Waals surface area contributed by atoms with Crippen LogP contribution in [0.25, 0.3) is 11.0 Å². The number of benzene rings is 2. The van der Waals surface area contributed by atoms with E-state index in [0.29, 0.717) is 23.1 Å². The second kappa shape index (κ2) is 7.38. The summed E-state index contributed by atoms with van der Waals surface area (Å²) >= 11 is 0.